The first kappa shape index (κ1) is 21.5. The van der Waals surface area contributed by atoms with Crippen molar-refractivity contribution in [3.63, 3.8) is 0 Å². The number of hydrogen-bond donors (Lipinski definition) is 2. The Morgan fingerprint density at radius 3 is 2.76 bits per heavy atom. The first-order chi connectivity index (χ1) is 16.2. The van der Waals surface area contributed by atoms with E-state index in [0.717, 1.165) is 30.7 Å². The molecule has 34 heavy (non-hydrogen) atoms. The molecule has 12 heteroatoms. The van der Waals surface area contributed by atoms with Gasteiger partial charge in [0.2, 0.25) is 0 Å². The molecule has 0 bridgehead atoms. The molecular weight excluding hydrogens is 471 g/mol. The number of nitrogens with zero attached hydrogens (tertiary/aromatic N) is 5. The number of nitrogens with one attached hydrogen (secondary N) is 2. The lowest BCUT2D eigenvalue weighted by Gasteiger charge is -2.48. The maximum Gasteiger partial charge on any atom is 0.417 e. The summed E-state index contributed by atoms with van der Waals surface area (Å²) in [5.74, 6) is 1.05. The fourth-order valence-electron chi connectivity index (χ4n) is 5.74. The summed E-state index contributed by atoms with van der Waals surface area (Å²) in [7, 11) is 0. The molecule has 0 radical (unpaired) electrons. The lowest BCUT2D eigenvalue weighted by Crippen LogP contribution is -2.60. The monoisotopic (exact) mass is 491 g/mol. The van der Waals surface area contributed by atoms with E-state index >= 15 is 0 Å². The number of carbonyl (C=O) groups excluding carboxylic acids is 1. The SMILES string of the molecule is CC1=CC(C(=O)N2CC3CC34CC(Nc3ncc(C(F)(F)F)cc3Cl)C24)=C(n2nccn2)NC1. The highest BCUT2D eigenvalue weighted by Gasteiger charge is 2.75. The fraction of sp³-hybridized carbons (Fsp3) is 0.455. The van der Waals surface area contributed by atoms with Gasteiger partial charge in [0.05, 0.1) is 34.6 Å². The summed E-state index contributed by atoms with van der Waals surface area (Å²) in [6.45, 7) is 3.18. The number of anilines is 1. The Morgan fingerprint density at radius 1 is 1.29 bits per heavy atom. The van der Waals surface area contributed by atoms with Crippen LogP contribution in [-0.4, -0.2) is 56.0 Å². The Bertz CT molecular complexity index is 1240. The molecule has 4 atom stereocenters. The summed E-state index contributed by atoms with van der Waals surface area (Å²) in [6, 6.07) is 0.643. The smallest absolute Gasteiger partial charge is 0.364 e. The zero-order valence-corrected chi connectivity index (χ0v) is 18.9. The van der Waals surface area contributed by atoms with Gasteiger partial charge in [-0.15, -0.1) is 4.80 Å². The van der Waals surface area contributed by atoms with Crippen molar-refractivity contribution in [2.45, 2.75) is 38.0 Å². The number of dihydropyridines is 1. The molecule has 2 saturated carbocycles. The lowest BCUT2D eigenvalue weighted by atomic mass is 9.71. The number of halogens is 4. The van der Waals surface area contributed by atoms with Gasteiger partial charge in [-0.3, -0.25) is 4.79 Å². The van der Waals surface area contributed by atoms with Crippen molar-refractivity contribution in [3.8, 4) is 0 Å². The quantitative estimate of drug-likeness (QED) is 0.683. The van der Waals surface area contributed by atoms with Crippen LogP contribution >= 0.6 is 11.6 Å². The van der Waals surface area contributed by atoms with Crippen molar-refractivity contribution in [2.24, 2.45) is 11.3 Å². The van der Waals surface area contributed by atoms with Gasteiger partial charge >= 0.3 is 6.18 Å². The second-order valence-corrected chi connectivity index (χ2v) is 9.88. The summed E-state index contributed by atoms with van der Waals surface area (Å²) in [5.41, 5.74) is 0.679. The lowest BCUT2D eigenvalue weighted by molar-refractivity contribution is -0.137. The van der Waals surface area contributed by atoms with Crippen molar-refractivity contribution in [3.05, 3.63) is 52.5 Å². The topological polar surface area (TPSA) is 88.0 Å². The largest absolute Gasteiger partial charge is 0.417 e. The summed E-state index contributed by atoms with van der Waals surface area (Å²) in [6.07, 6.45) is 3.10. The van der Waals surface area contributed by atoms with Crippen LogP contribution in [0.1, 0.15) is 25.3 Å². The first-order valence-electron chi connectivity index (χ1n) is 11.0. The Kier molecular flexibility index (Phi) is 4.55. The van der Waals surface area contributed by atoms with Crippen molar-refractivity contribution in [1.29, 1.82) is 0 Å². The zero-order chi connectivity index (χ0) is 23.8. The van der Waals surface area contributed by atoms with Crippen molar-refractivity contribution < 1.29 is 18.0 Å². The first-order valence-corrected chi connectivity index (χ1v) is 11.4. The molecule has 2 aliphatic heterocycles. The molecule has 0 aromatic carbocycles. The van der Waals surface area contributed by atoms with Crippen LogP contribution in [0.2, 0.25) is 5.02 Å². The molecule has 1 amide bonds. The van der Waals surface area contributed by atoms with Crippen LogP contribution in [0, 0.1) is 11.3 Å². The molecule has 2 aromatic rings. The van der Waals surface area contributed by atoms with Gasteiger partial charge in [-0.05, 0) is 43.2 Å². The van der Waals surface area contributed by atoms with Gasteiger partial charge in [0, 0.05) is 25.3 Å². The van der Waals surface area contributed by atoms with E-state index in [1.54, 1.807) is 12.4 Å². The number of carbonyl (C=O) groups is 1. The van der Waals surface area contributed by atoms with E-state index in [9.17, 15) is 18.0 Å². The number of pyridine rings is 1. The van der Waals surface area contributed by atoms with Gasteiger partial charge in [-0.2, -0.15) is 23.4 Å². The summed E-state index contributed by atoms with van der Waals surface area (Å²) >= 11 is 6.12. The maximum absolute atomic E-state index is 13.7. The molecule has 8 nitrogen and oxygen atoms in total. The van der Waals surface area contributed by atoms with E-state index in [1.807, 2.05) is 17.9 Å². The number of aromatic nitrogens is 4. The van der Waals surface area contributed by atoms with Gasteiger partial charge < -0.3 is 15.5 Å². The highest BCUT2D eigenvalue weighted by Crippen LogP contribution is 2.71. The predicted octanol–water partition coefficient (Wildman–Crippen LogP) is 3.16. The third-order valence-corrected chi connectivity index (χ3v) is 7.67. The second kappa shape index (κ2) is 7.21. The molecular formula is C22H21ClF3N7O. The number of amides is 1. The number of alkyl halides is 3. The number of hydrogen-bond acceptors (Lipinski definition) is 6. The highest BCUT2D eigenvalue weighted by atomic mass is 35.5. The van der Waals surface area contributed by atoms with E-state index < -0.39 is 11.7 Å². The third-order valence-electron chi connectivity index (χ3n) is 7.38. The normalized spacial score (nSPS) is 29.6. The van der Waals surface area contributed by atoms with Crippen LogP contribution in [0.4, 0.5) is 19.0 Å². The number of piperidine rings is 1. The molecule has 1 saturated heterocycles. The van der Waals surface area contributed by atoms with Gasteiger partial charge in [0.1, 0.15) is 5.82 Å². The number of rotatable bonds is 4. The predicted molar refractivity (Wildman–Crippen MR) is 117 cm³/mol. The molecule has 3 fully saturated rings. The molecule has 4 unspecified atom stereocenters. The van der Waals surface area contributed by atoms with Crippen LogP contribution in [0.5, 0.6) is 0 Å². The minimum absolute atomic E-state index is 0.0667. The number of likely N-dealkylation sites (tertiary alicyclic amines) is 1. The van der Waals surface area contributed by atoms with Gasteiger partial charge in [0.15, 0.2) is 5.82 Å². The average Bonchev–Trinajstić information content (AvgIpc) is 3.14. The highest BCUT2D eigenvalue weighted by molar-refractivity contribution is 6.33. The maximum atomic E-state index is 13.7. The van der Waals surface area contributed by atoms with Gasteiger partial charge in [-0.25, -0.2) is 4.98 Å². The minimum atomic E-state index is -4.51. The van der Waals surface area contributed by atoms with Gasteiger partial charge in [-0.1, -0.05) is 17.2 Å². The van der Waals surface area contributed by atoms with Crippen LogP contribution in [-0.2, 0) is 11.0 Å². The Balaban J connectivity index is 1.27. The zero-order valence-electron chi connectivity index (χ0n) is 18.1. The van der Waals surface area contributed by atoms with Crippen molar-refractivity contribution in [2.75, 3.05) is 18.4 Å². The standard InChI is InChI=1S/C22H21ClF3N7O/c1-11-4-14(19(28-8-11)33-29-2-3-30-33)20(34)32-10-13-6-21(13)7-16(17(21)32)31-18-15(23)5-12(9-27-18)22(24,25)26/h2-5,9,13,16-17,28H,6-8,10H2,1H3,(H,27,31). The minimum Gasteiger partial charge on any atom is -0.364 e. The molecule has 4 aliphatic rings. The van der Waals surface area contributed by atoms with Gasteiger partial charge in [0.25, 0.3) is 5.91 Å². The van der Waals surface area contributed by atoms with E-state index in [1.165, 1.54) is 4.80 Å². The average molecular weight is 492 g/mol. The Labute approximate surface area is 197 Å². The van der Waals surface area contributed by atoms with E-state index in [-0.39, 0.29) is 34.2 Å². The molecule has 2 N–H and O–H groups in total. The molecule has 2 aliphatic carbocycles. The molecule has 2 aromatic heterocycles. The molecule has 1 spiro atoms. The van der Waals surface area contributed by atoms with E-state index in [2.05, 4.69) is 25.8 Å². The van der Waals surface area contributed by atoms with Crippen LogP contribution in [0.25, 0.3) is 5.82 Å². The molecule has 178 valence electrons. The summed E-state index contributed by atoms with van der Waals surface area (Å²) < 4.78 is 38.9. The fourth-order valence-corrected chi connectivity index (χ4v) is 5.97. The van der Waals surface area contributed by atoms with E-state index in [4.69, 9.17) is 11.6 Å². The van der Waals surface area contributed by atoms with Crippen LogP contribution in [0.3, 0.4) is 0 Å². The summed E-state index contributed by atoms with van der Waals surface area (Å²) in [4.78, 5) is 20.9. The Hall–Kier alpha value is -3.08. The molecule has 6 rings (SSSR count). The Morgan fingerprint density at radius 2 is 2.06 bits per heavy atom. The van der Waals surface area contributed by atoms with Crippen molar-refractivity contribution >= 4 is 29.1 Å². The van der Waals surface area contributed by atoms with Crippen LogP contribution in [0.15, 0.2) is 41.9 Å². The second-order valence-electron chi connectivity index (χ2n) is 9.47. The molecule has 4 heterocycles. The van der Waals surface area contributed by atoms with Crippen LogP contribution < -0.4 is 10.6 Å². The van der Waals surface area contributed by atoms with Crippen molar-refractivity contribution in [1.82, 2.24) is 30.2 Å². The third kappa shape index (κ3) is 3.20. The summed E-state index contributed by atoms with van der Waals surface area (Å²) in [5, 5.41) is 14.7. The van der Waals surface area contributed by atoms with E-state index in [0.29, 0.717) is 30.4 Å².